The first-order valence-electron chi connectivity index (χ1n) is 20.3. The third-order valence-corrected chi connectivity index (χ3v) is 10.4. The average Bonchev–Trinajstić information content (AvgIpc) is 3.67. The molecule has 0 spiro atoms. The average molecular weight is 813 g/mol. The molecule has 0 amide bonds. The summed E-state index contributed by atoms with van der Waals surface area (Å²) in [5, 5.41) is 0. The molecule has 0 N–H and O–H groups in total. The van der Waals surface area contributed by atoms with Gasteiger partial charge in [-0.25, -0.2) is 14.4 Å². The molecule has 1 saturated carbocycles. The lowest BCUT2D eigenvalue weighted by atomic mass is 9.89. The van der Waals surface area contributed by atoms with Crippen LogP contribution < -0.4 is 18.9 Å². The molecule has 10 heteroatoms. The van der Waals surface area contributed by atoms with E-state index in [1.54, 1.807) is 56.7 Å². The van der Waals surface area contributed by atoms with Gasteiger partial charge in [-0.3, -0.25) is 0 Å². The van der Waals surface area contributed by atoms with Gasteiger partial charge in [0.1, 0.15) is 25.4 Å². The number of carbonyl (C=O) groups is 3. The second kappa shape index (κ2) is 22.0. The van der Waals surface area contributed by atoms with Crippen molar-refractivity contribution in [2.24, 2.45) is 11.8 Å². The van der Waals surface area contributed by atoms with Gasteiger partial charge in [0.05, 0.1) is 20.3 Å². The van der Waals surface area contributed by atoms with Gasteiger partial charge >= 0.3 is 17.9 Å². The van der Waals surface area contributed by atoms with Gasteiger partial charge in [0.2, 0.25) is 0 Å². The van der Waals surface area contributed by atoms with Crippen LogP contribution in [0, 0.1) is 11.8 Å². The lowest BCUT2D eigenvalue weighted by Gasteiger charge is -2.24. The quantitative estimate of drug-likeness (QED) is 0.0528. The topological polar surface area (TPSA) is 116 Å². The molecule has 1 fully saturated rings. The molecule has 4 aromatic carbocycles. The number of hydrogen-bond donors (Lipinski definition) is 0. The van der Waals surface area contributed by atoms with Crippen molar-refractivity contribution in [3.8, 4) is 23.0 Å². The second-order valence-corrected chi connectivity index (χ2v) is 14.8. The van der Waals surface area contributed by atoms with Gasteiger partial charge in [0.15, 0.2) is 23.0 Å². The van der Waals surface area contributed by atoms with Crippen molar-refractivity contribution < 1.29 is 47.5 Å². The summed E-state index contributed by atoms with van der Waals surface area (Å²) in [6.07, 6.45) is 14.9. The van der Waals surface area contributed by atoms with E-state index in [1.165, 1.54) is 18.2 Å². The Kier molecular flexibility index (Phi) is 15.8. The van der Waals surface area contributed by atoms with E-state index in [0.29, 0.717) is 61.0 Å². The standard InChI is InChI=1S/C50H52O10/c1-35-13-7-4-12-18-40-31-41(59-49(52)26-21-36-19-23-44(46(29-36)54-2)56-33-38-14-8-5-9-15-38)32-42(40)43(25-28-48(51)58-35)60-50(53)27-22-37-20-24-45(47(30-37)55-3)57-34-39-16-10-6-11-17-39/h5-6,8-12,14-30,35,40-43H,4,7,13,31-34H2,1-3H3/b18-12+,26-21+,27-22+,28-25?/t35-,40+,41-,42+,43+/m0/s1. The van der Waals surface area contributed by atoms with Crippen LogP contribution >= 0.6 is 0 Å². The number of rotatable bonds is 14. The number of fused-ring (bicyclic) bond motifs is 1. The lowest BCUT2D eigenvalue weighted by Crippen LogP contribution is -2.27. The molecule has 4 aromatic rings. The van der Waals surface area contributed by atoms with Crippen molar-refractivity contribution in [1.82, 2.24) is 0 Å². The molecule has 60 heavy (non-hydrogen) atoms. The molecule has 1 aliphatic heterocycles. The van der Waals surface area contributed by atoms with Crippen LogP contribution in [-0.4, -0.2) is 50.4 Å². The van der Waals surface area contributed by atoms with Gasteiger partial charge in [0.25, 0.3) is 0 Å². The molecule has 0 radical (unpaired) electrons. The highest BCUT2D eigenvalue weighted by Crippen LogP contribution is 2.39. The first-order chi connectivity index (χ1) is 29.3. The van der Waals surface area contributed by atoms with Crippen molar-refractivity contribution >= 4 is 30.1 Å². The number of methoxy groups -OCH3 is 2. The summed E-state index contributed by atoms with van der Waals surface area (Å²) in [5.41, 5.74) is 3.49. The molecule has 6 rings (SSSR count). The van der Waals surface area contributed by atoms with Gasteiger partial charge in [-0.1, -0.05) is 84.9 Å². The maximum atomic E-state index is 13.4. The van der Waals surface area contributed by atoms with Gasteiger partial charge in [-0.15, -0.1) is 0 Å². The van der Waals surface area contributed by atoms with E-state index in [0.717, 1.165) is 29.5 Å². The highest BCUT2D eigenvalue weighted by molar-refractivity contribution is 5.88. The van der Waals surface area contributed by atoms with Crippen LogP contribution in [0.3, 0.4) is 0 Å². The van der Waals surface area contributed by atoms with E-state index in [9.17, 15) is 14.4 Å². The van der Waals surface area contributed by atoms with Crippen molar-refractivity contribution in [3.05, 3.63) is 156 Å². The maximum absolute atomic E-state index is 13.4. The summed E-state index contributed by atoms with van der Waals surface area (Å²) >= 11 is 0. The highest BCUT2D eigenvalue weighted by Gasteiger charge is 2.40. The minimum absolute atomic E-state index is 0.0900. The fourth-order valence-corrected chi connectivity index (χ4v) is 7.27. The minimum atomic E-state index is -0.807. The van der Waals surface area contributed by atoms with Crippen molar-refractivity contribution in [2.45, 2.75) is 70.6 Å². The zero-order valence-corrected chi connectivity index (χ0v) is 34.3. The summed E-state index contributed by atoms with van der Waals surface area (Å²) < 4.78 is 40.7. The Labute approximate surface area is 352 Å². The highest BCUT2D eigenvalue weighted by atomic mass is 16.6. The molecule has 0 aromatic heterocycles. The Hall–Kier alpha value is -6.55. The molecule has 0 saturated heterocycles. The van der Waals surface area contributed by atoms with Crippen molar-refractivity contribution in [1.29, 1.82) is 0 Å². The Morgan fingerprint density at radius 2 is 1.27 bits per heavy atom. The Morgan fingerprint density at radius 1 is 0.700 bits per heavy atom. The Morgan fingerprint density at radius 3 is 1.83 bits per heavy atom. The molecule has 1 heterocycles. The fourth-order valence-electron chi connectivity index (χ4n) is 7.27. The van der Waals surface area contributed by atoms with Crippen molar-refractivity contribution in [2.75, 3.05) is 14.2 Å². The molecule has 2 aliphatic rings. The van der Waals surface area contributed by atoms with Crippen LogP contribution in [0.15, 0.2) is 134 Å². The summed E-state index contributed by atoms with van der Waals surface area (Å²) in [6.45, 7) is 2.64. The van der Waals surface area contributed by atoms with E-state index in [4.69, 9.17) is 33.2 Å². The largest absolute Gasteiger partial charge is 0.493 e. The molecule has 10 nitrogen and oxygen atoms in total. The Balaban J connectivity index is 1.12. The molecule has 1 aliphatic carbocycles. The number of benzene rings is 4. The smallest absolute Gasteiger partial charge is 0.331 e. The first-order valence-corrected chi connectivity index (χ1v) is 20.3. The zero-order chi connectivity index (χ0) is 42.1. The number of esters is 3. The molecular formula is C50H52O10. The summed E-state index contributed by atoms with van der Waals surface area (Å²) in [7, 11) is 3.13. The normalized spacial score (nSPS) is 21.1. The summed E-state index contributed by atoms with van der Waals surface area (Å²) in [6, 6.07) is 30.5. The number of carbonyl (C=O) groups excluding carboxylic acids is 3. The fraction of sp³-hybridized carbons (Fsp3) is 0.300. The zero-order valence-electron chi connectivity index (χ0n) is 34.3. The number of hydrogen-bond acceptors (Lipinski definition) is 10. The van der Waals surface area contributed by atoms with Gasteiger partial charge in [-0.2, -0.15) is 0 Å². The molecule has 0 unspecified atom stereocenters. The number of ether oxygens (including phenoxy) is 7. The third kappa shape index (κ3) is 13.0. The molecular weight excluding hydrogens is 761 g/mol. The SMILES string of the molecule is COc1cc(/C=C/C(=O)O[C@@H]2C[C@@H]3[C@H](/C=C/CCC[C@H](C)OC(=O)C=C[C@H]3OC(=O)/C=C/c3ccc(OCc4ccccc4)c(OC)c3)C2)ccc1OCc1ccccc1. The van der Waals surface area contributed by atoms with E-state index >= 15 is 0 Å². The van der Waals surface area contributed by atoms with Crippen LogP contribution in [0.4, 0.5) is 0 Å². The van der Waals surface area contributed by atoms with Gasteiger partial charge in [0, 0.05) is 24.1 Å². The van der Waals surface area contributed by atoms with E-state index in [-0.39, 0.29) is 17.9 Å². The monoisotopic (exact) mass is 812 g/mol. The molecule has 0 bridgehead atoms. The van der Waals surface area contributed by atoms with Gasteiger partial charge < -0.3 is 33.2 Å². The van der Waals surface area contributed by atoms with E-state index in [1.807, 2.05) is 79.7 Å². The van der Waals surface area contributed by atoms with Crippen LogP contribution in [0.25, 0.3) is 12.2 Å². The Bertz CT molecular complexity index is 2160. The van der Waals surface area contributed by atoms with Crippen LogP contribution in [-0.2, 0) is 41.8 Å². The van der Waals surface area contributed by atoms with Crippen molar-refractivity contribution in [3.63, 3.8) is 0 Å². The van der Waals surface area contributed by atoms with Crippen LogP contribution in [0.2, 0.25) is 0 Å². The lowest BCUT2D eigenvalue weighted by molar-refractivity contribution is -0.146. The van der Waals surface area contributed by atoms with E-state index in [2.05, 4.69) is 12.2 Å². The summed E-state index contributed by atoms with van der Waals surface area (Å²) in [4.78, 5) is 39.4. The number of allylic oxidation sites excluding steroid dienone is 2. The molecule has 5 atom stereocenters. The molecule has 312 valence electrons. The van der Waals surface area contributed by atoms with Crippen LogP contribution in [0.1, 0.15) is 61.3 Å². The summed E-state index contributed by atoms with van der Waals surface area (Å²) in [5.74, 6) is 0.233. The van der Waals surface area contributed by atoms with E-state index < -0.39 is 30.1 Å². The van der Waals surface area contributed by atoms with Gasteiger partial charge in [-0.05, 0) is 110 Å². The number of cyclic esters (lactones) is 1. The maximum Gasteiger partial charge on any atom is 0.331 e. The van der Waals surface area contributed by atoms with Crippen LogP contribution in [0.5, 0.6) is 23.0 Å². The second-order valence-electron chi connectivity index (χ2n) is 14.8. The minimum Gasteiger partial charge on any atom is -0.493 e. The predicted octanol–water partition coefficient (Wildman–Crippen LogP) is 9.67. The third-order valence-electron chi connectivity index (χ3n) is 10.4. The predicted molar refractivity (Wildman–Crippen MR) is 229 cm³/mol. The first kappa shape index (κ1) is 43.0.